The number of carbonyl (C=O) groups is 1. The van der Waals surface area contributed by atoms with Crippen LogP contribution in [0.15, 0.2) is 0 Å². The third kappa shape index (κ3) is 5.35. The molecule has 0 unspecified atom stereocenters. The molecule has 1 fully saturated rings. The van der Waals surface area contributed by atoms with Crippen molar-refractivity contribution < 1.29 is 17.8 Å². The summed E-state index contributed by atoms with van der Waals surface area (Å²) in [4.78, 5) is 14.0. The van der Waals surface area contributed by atoms with E-state index < -0.39 is 21.4 Å². The maximum Gasteiger partial charge on any atom is 0.269 e. The molecule has 118 valence electrons. The van der Waals surface area contributed by atoms with Gasteiger partial charge in [0.05, 0.1) is 6.04 Å². The second kappa shape index (κ2) is 6.38. The molecule has 0 bridgehead atoms. The predicted molar refractivity (Wildman–Crippen MR) is 77.1 cm³/mol. The fraction of sp³-hybridized carbons (Fsp3) is 0.917. The first-order chi connectivity index (χ1) is 9.01. The molecule has 0 saturated carbocycles. The molecule has 1 aliphatic heterocycles. The molecule has 20 heavy (non-hydrogen) atoms. The maximum absolute atomic E-state index is 12.0. The molecule has 0 spiro atoms. The Labute approximate surface area is 120 Å². The van der Waals surface area contributed by atoms with Crippen LogP contribution in [-0.2, 0) is 14.9 Å². The van der Waals surface area contributed by atoms with Crippen LogP contribution >= 0.6 is 0 Å². The van der Waals surface area contributed by atoms with Crippen molar-refractivity contribution in [3.8, 4) is 0 Å². The van der Waals surface area contributed by atoms with Crippen LogP contribution < -0.4 is 10.6 Å². The SMILES string of the molecule is CN(C)CC(C)(C)CNC(=O)[C@@H]1C[C@H](S(=O)(=O)O)CN1. The second-order valence-corrected chi connectivity index (χ2v) is 8.15. The molecule has 2 atom stereocenters. The van der Waals surface area contributed by atoms with Gasteiger partial charge in [0.2, 0.25) is 5.91 Å². The average molecular weight is 307 g/mol. The number of nitrogens with zero attached hydrogens (tertiary/aromatic N) is 1. The van der Waals surface area contributed by atoms with Crippen LogP contribution in [0.5, 0.6) is 0 Å². The average Bonchev–Trinajstić information content (AvgIpc) is 2.72. The van der Waals surface area contributed by atoms with Gasteiger partial charge in [0.25, 0.3) is 10.1 Å². The van der Waals surface area contributed by atoms with E-state index in [1.807, 2.05) is 19.0 Å². The second-order valence-electron chi connectivity index (χ2n) is 6.45. The van der Waals surface area contributed by atoms with Crippen molar-refractivity contribution in [2.75, 3.05) is 33.7 Å². The van der Waals surface area contributed by atoms with E-state index in [1.165, 1.54) is 0 Å². The minimum absolute atomic E-state index is 0.0692. The van der Waals surface area contributed by atoms with Crippen molar-refractivity contribution in [1.82, 2.24) is 15.5 Å². The molecule has 1 rings (SSSR count). The number of hydrogen-bond donors (Lipinski definition) is 3. The highest BCUT2D eigenvalue weighted by Gasteiger charge is 2.36. The molecule has 1 aliphatic rings. The lowest BCUT2D eigenvalue weighted by Crippen LogP contribution is -2.46. The zero-order valence-corrected chi connectivity index (χ0v) is 13.3. The minimum Gasteiger partial charge on any atom is -0.354 e. The summed E-state index contributed by atoms with van der Waals surface area (Å²) in [7, 11) is -0.135. The van der Waals surface area contributed by atoms with Crippen molar-refractivity contribution in [1.29, 1.82) is 0 Å². The van der Waals surface area contributed by atoms with Gasteiger partial charge in [0.15, 0.2) is 0 Å². The Morgan fingerprint density at radius 1 is 1.45 bits per heavy atom. The molecule has 0 aromatic carbocycles. The summed E-state index contributed by atoms with van der Waals surface area (Å²) < 4.78 is 31.0. The molecule has 3 N–H and O–H groups in total. The Kier molecular flexibility index (Phi) is 5.54. The molecule has 8 heteroatoms. The molecule has 7 nitrogen and oxygen atoms in total. The normalized spacial score (nSPS) is 24.1. The standard InChI is InChI=1S/C12H25N3O4S/c1-12(2,8-15(3)4)7-14-11(16)10-5-9(6-13-10)20(17,18)19/h9-10,13H,5-8H2,1-4H3,(H,14,16)(H,17,18,19)/t9-,10-/m0/s1. The highest BCUT2D eigenvalue weighted by molar-refractivity contribution is 7.86. The quantitative estimate of drug-likeness (QED) is 0.562. The zero-order valence-electron chi connectivity index (χ0n) is 12.5. The molecule has 1 saturated heterocycles. The van der Waals surface area contributed by atoms with Crippen molar-refractivity contribution in [2.24, 2.45) is 5.41 Å². The first-order valence-electron chi connectivity index (χ1n) is 6.63. The maximum atomic E-state index is 12.0. The van der Waals surface area contributed by atoms with E-state index in [0.29, 0.717) is 6.54 Å². The molecule has 0 aromatic rings. The summed E-state index contributed by atoms with van der Waals surface area (Å²) in [5.41, 5.74) is -0.0692. The summed E-state index contributed by atoms with van der Waals surface area (Å²) in [6.07, 6.45) is 0.110. The molecule has 1 heterocycles. The fourth-order valence-corrected chi connectivity index (χ4v) is 3.23. The van der Waals surface area contributed by atoms with Gasteiger partial charge in [-0.3, -0.25) is 9.35 Å². The van der Waals surface area contributed by atoms with Crippen LogP contribution in [0, 0.1) is 5.41 Å². The van der Waals surface area contributed by atoms with Gasteiger partial charge in [-0.2, -0.15) is 8.42 Å². The molecule has 0 aliphatic carbocycles. The number of amides is 1. The molecule has 1 amide bonds. The topological polar surface area (TPSA) is 98.7 Å². The molecular formula is C12H25N3O4S. The summed E-state index contributed by atoms with van der Waals surface area (Å²) in [5.74, 6) is -0.219. The zero-order chi connectivity index (χ0) is 15.6. The third-order valence-corrected chi connectivity index (χ3v) is 4.52. The van der Waals surface area contributed by atoms with Gasteiger partial charge in [-0.1, -0.05) is 13.8 Å². The van der Waals surface area contributed by atoms with Crippen LogP contribution in [0.1, 0.15) is 20.3 Å². The van der Waals surface area contributed by atoms with Gasteiger partial charge in [-0.25, -0.2) is 0 Å². The number of rotatable bonds is 6. The number of hydrogen-bond acceptors (Lipinski definition) is 5. The highest BCUT2D eigenvalue weighted by Crippen LogP contribution is 2.16. The van der Waals surface area contributed by atoms with E-state index in [-0.39, 0.29) is 24.3 Å². The van der Waals surface area contributed by atoms with Crippen molar-refractivity contribution in [2.45, 2.75) is 31.6 Å². The van der Waals surface area contributed by atoms with Crippen LogP contribution in [0.4, 0.5) is 0 Å². The summed E-state index contributed by atoms with van der Waals surface area (Å²) in [5, 5.41) is 4.77. The van der Waals surface area contributed by atoms with Crippen molar-refractivity contribution in [3.05, 3.63) is 0 Å². The highest BCUT2D eigenvalue weighted by atomic mass is 32.2. The lowest BCUT2D eigenvalue weighted by molar-refractivity contribution is -0.123. The van der Waals surface area contributed by atoms with E-state index in [4.69, 9.17) is 4.55 Å². The first kappa shape index (κ1) is 17.4. The predicted octanol–water partition coefficient (Wildman–Crippen LogP) is -0.691. The fourth-order valence-electron chi connectivity index (χ4n) is 2.49. The molecule has 0 aromatic heterocycles. The number of carbonyl (C=O) groups excluding carboxylic acids is 1. The summed E-state index contributed by atoms with van der Waals surface area (Å²) in [6.45, 7) is 5.56. The van der Waals surface area contributed by atoms with Gasteiger partial charge in [-0.05, 0) is 25.9 Å². The summed E-state index contributed by atoms with van der Waals surface area (Å²) in [6, 6.07) is -0.558. The van der Waals surface area contributed by atoms with E-state index in [0.717, 1.165) is 6.54 Å². The first-order valence-corrected chi connectivity index (χ1v) is 8.14. The lowest BCUT2D eigenvalue weighted by Gasteiger charge is -2.29. The van der Waals surface area contributed by atoms with Crippen LogP contribution in [0.3, 0.4) is 0 Å². The van der Waals surface area contributed by atoms with E-state index in [9.17, 15) is 13.2 Å². The Morgan fingerprint density at radius 3 is 2.50 bits per heavy atom. The van der Waals surface area contributed by atoms with Gasteiger partial charge in [0, 0.05) is 19.6 Å². The Morgan fingerprint density at radius 2 is 2.05 bits per heavy atom. The van der Waals surface area contributed by atoms with Crippen LogP contribution in [-0.4, -0.2) is 68.8 Å². The Bertz CT molecular complexity index is 448. The van der Waals surface area contributed by atoms with E-state index in [2.05, 4.69) is 24.5 Å². The van der Waals surface area contributed by atoms with Gasteiger partial charge >= 0.3 is 0 Å². The molecular weight excluding hydrogens is 282 g/mol. The monoisotopic (exact) mass is 307 g/mol. The van der Waals surface area contributed by atoms with Crippen molar-refractivity contribution >= 4 is 16.0 Å². The van der Waals surface area contributed by atoms with Gasteiger partial charge in [-0.15, -0.1) is 0 Å². The Balaban J connectivity index is 2.45. The largest absolute Gasteiger partial charge is 0.354 e. The lowest BCUT2D eigenvalue weighted by atomic mass is 9.93. The van der Waals surface area contributed by atoms with Crippen molar-refractivity contribution in [3.63, 3.8) is 0 Å². The van der Waals surface area contributed by atoms with Crippen LogP contribution in [0.25, 0.3) is 0 Å². The van der Waals surface area contributed by atoms with E-state index in [1.54, 1.807) is 0 Å². The minimum atomic E-state index is -4.08. The smallest absolute Gasteiger partial charge is 0.269 e. The van der Waals surface area contributed by atoms with Gasteiger partial charge < -0.3 is 15.5 Å². The summed E-state index contributed by atoms with van der Waals surface area (Å²) >= 11 is 0. The molecule has 0 radical (unpaired) electrons. The Hall–Kier alpha value is -0.700. The van der Waals surface area contributed by atoms with E-state index >= 15 is 0 Å². The third-order valence-electron chi connectivity index (χ3n) is 3.31. The van der Waals surface area contributed by atoms with Crippen LogP contribution in [0.2, 0.25) is 0 Å². The number of nitrogens with one attached hydrogen (secondary N) is 2. The van der Waals surface area contributed by atoms with Gasteiger partial charge in [0.1, 0.15) is 5.25 Å².